The van der Waals surface area contributed by atoms with Gasteiger partial charge in [0.25, 0.3) is 0 Å². The van der Waals surface area contributed by atoms with Crippen LogP contribution in [0, 0.1) is 5.92 Å². The zero-order valence-corrected chi connectivity index (χ0v) is 15.1. The molecule has 1 atom stereocenters. The summed E-state index contributed by atoms with van der Waals surface area (Å²) in [6.45, 7) is 11.6. The van der Waals surface area contributed by atoms with Crippen LogP contribution in [0.1, 0.15) is 52.0 Å². The van der Waals surface area contributed by atoms with Crippen molar-refractivity contribution in [1.82, 2.24) is 4.90 Å². The Morgan fingerprint density at radius 2 is 1.87 bits per heavy atom. The van der Waals surface area contributed by atoms with E-state index in [0.29, 0.717) is 6.61 Å². The van der Waals surface area contributed by atoms with Crippen molar-refractivity contribution < 1.29 is 9.47 Å². The average molecular weight is 319 g/mol. The predicted molar refractivity (Wildman–Crippen MR) is 95.9 cm³/mol. The van der Waals surface area contributed by atoms with Crippen LogP contribution in [0.4, 0.5) is 0 Å². The second kappa shape index (κ2) is 9.94. The molecule has 0 aromatic heterocycles. The largest absolute Gasteiger partial charge is 0.491 e. The Kier molecular flexibility index (Phi) is 7.90. The van der Waals surface area contributed by atoms with Crippen LogP contribution >= 0.6 is 0 Å². The first-order valence-electron chi connectivity index (χ1n) is 9.23. The second-order valence-electron chi connectivity index (χ2n) is 6.95. The van der Waals surface area contributed by atoms with E-state index < -0.39 is 0 Å². The molecular formula is C20H33NO2. The van der Waals surface area contributed by atoms with Crippen molar-refractivity contribution >= 4 is 0 Å². The summed E-state index contributed by atoms with van der Waals surface area (Å²) < 4.78 is 11.5. The summed E-state index contributed by atoms with van der Waals surface area (Å²) in [5.41, 5.74) is 1.37. The maximum absolute atomic E-state index is 5.82. The first-order valence-corrected chi connectivity index (χ1v) is 9.23. The smallest absolute Gasteiger partial charge is 0.119 e. The van der Waals surface area contributed by atoms with Crippen LogP contribution in [0.3, 0.4) is 0 Å². The lowest BCUT2D eigenvalue weighted by Crippen LogP contribution is -2.32. The third-order valence-electron chi connectivity index (χ3n) is 4.59. The summed E-state index contributed by atoms with van der Waals surface area (Å²) in [4.78, 5) is 2.56. The number of ether oxygens (including phenoxy) is 2. The van der Waals surface area contributed by atoms with Gasteiger partial charge in [0.2, 0.25) is 0 Å². The maximum atomic E-state index is 5.82. The van der Waals surface area contributed by atoms with Crippen molar-refractivity contribution in [1.29, 1.82) is 0 Å². The number of hydrogen-bond donors (Lipinski definition) is 0. The van der Waals surface area contributed by atoms with Crippen LogP contribution in [-0.2, 0) is 11.3 Å². The van der Waals surface area contributed by atoms with E-state index in [-0.39, 0.29) is 6.10 Å². The Labute approximate surface area is 142 Å². The summed E-state index contributed by atoms with van der Waals surface area (Å²) in [7, 11) is 0. The van der Waals surface area contributed by atoms with Crippen molar-refractivity contribution in [3.63, 3.8) is 0 Å². The minimum absolute atomic E-state index is 0.150. The van der Waals surface area contributed by atoms with Gasteiger partial charge in [-0.3, -0.25) is 4.90 Å². The lowest BCUT2D eigenvalue weighted by atomic mass is 9.99. The summed E-state index contributed by atoms with van der Waals surface area (Å²) in [6.07, 6.45) is 5.10. The molecule has 0 aliphatic carbocycles. The van der Waals surface area contributed by atoms with E-state index in [4.69, 9.17) is 9.47 Å². The van der Waals surface area contributed by atoms with Crippen LogP contribution in [0.15, 0.2) is 24.3 Å². The van der Waals surface area contributed by atoms with E-state index in [1.807, 2.05) is 0 Å². The maximum Gasteiger partial charge on any atom is 0.119 e. The third-order valence-corrected chi connectivity index (χ3v) is 4.59. The fraction of sp³-hybridized carbons (Fsp3) is 0.700. The van der Waals surface area contributed by atoms with Gasteiger partial charge in [0.05, 0.1) is 6.10 Å². The van der Waals surface area contributed by atoms with Gasteiger partial charge >= 0.3 is 0 Å². The molecule has 0 amide bonds. The topological polar surface area (TPSA) is 21.7 Å². The summed E-state index contributed by atoms with van der Waals surface area (Å²) >= 11 is 0. The van der Waals surface area contributed by atoms with Gasteiger partial charge < -0.3 is 9.47 Å². The molecule has 3 heteroatoms. The molecule has 1 aliphatic heterocycles. The lowest BCUT2D eigenvalue weighted by molar-refractivity contribution is 0.0308. The monoisotopic (exact) mass is 319 g/mol. The molecule has 23 heavy (non-hydrogen) atoms. The van der Waals surface area contributed by atoms with Crippen LogP contribution in [0.5, 0.6) is 5.75 Å². The molecule has 1 heterocycles. The molecule has 0 radical (unpaired) electrons. The van der Waals surface area contributed by atoms with E-state index >= 15 is 0 Å². The lowest BCUT2D eigenvalue weighted by Gasteiger charge is -2.30. The summed E-state index contributed by atoms with van der Waals surface area (Å²) in [6, 6.07) is 8.55. The molecule has 1 saturated heterocycles. The number of hydrogen-bond acceptors (Lipinski definition) is 3. The number of piperidine rings is 1. The van der Waals surface area contributed by atoms with E-state index in [0.717, 1.165) is 31.2 Å². The molecule has 0 spiro atoms. The Morgan fingerprint density at radius 1 is 1.17 bits per heavy atom. The average Bonchev–Trinajstić information content (AvgIpc) is 2.57. The van der Waals surface area contributed by atoms with Crippen molar-refractivity contribution in [2.75, 3.05) is 26.3 Å². The minimum Gasteiger partial charge on any atom is -0.491 e. The van der Waals surface area contributed by atoms with E-state index in [1.54, 1.807) is 0 Å². The molecule has 2 rings (SSSR count). The first kappa shape index (κ1) is 18.3. The van der Waals surface area contributed by atoms with E-state index in [9.17, 15) is 0 Å². The fourth-order valence-corrected chi connectivity index (χ4v) is 2.86. The Hall–Kier alpha value is -1.06. The van der Waals surface area contributed by atoms with Crippen LogP contribution in [0.25, 0.3) is 0 Å². The molecule has 3 nitrogen and oxygen atoms in total. The highest BCUT2D eigenvalue weighted by molar-refractivity contribution is 5.27. The molecule has 0 bridgehead atoms. The summed E-state index contributed by atoms with van der Waals surface area (Å²) in [5, 5.41) is 0. The van der Waals surface area contributed by atoms with Crippen molar-refractivity contribution in [2.24, 2.45) is 5.92 Å². The number of unbranched alkanes of at least 4 members (excludes halogenated alkanes) is 1. The molecular weight excluding hydrogens is 286 g/mol. The van der Waals surface area contributed by atoms with E-state index in [2.05, 4.69) is 49.9 Å². The molecule has 1 aromatic carbocycles. The number of likely N-dealkylation sites (tertiary alicyclic amines) is 1. The van der Waals surface area contributed by atoms with Gasteiger partial charge in [0.15, 0.2) is 0 Å². The number of rotatable bonds is 9. The van der Waals surface area contributed by atoms with Gasteiger partial charge in [-0.05, 0) is 62.9 Å². The Morgan fingerprint density at radius 3 is 2.52 bits per heavy atom. The van der Waals surface area contributed by atoms with Gasteiger partial charge in [-0.25, -0.2) is 0 Å². The number of nitrogens with zero attached hydrogens (tertiary/aromatic N) is 1. The van der Waals surface area contributed by atoms with Crippen molar-refractivity contribution in [2.45, 2.75) is 59.1 Å². The van der Waals surface area contributed by atoms with Gasteiger partial charge in [-0.15, -0.1) is 0 Å². The molecule has 0 N–H and O–H groups in total. The van der Waals surface area contributed by atoms with Gasteiger partial charge in [-0.2, -0.15) is 0 Å². The quantitative estimate of drug-likeness (QED) is 0.625. The SMILES string of the molecule is CCCCOC(C)COc1ccc(CN2CCC(C)CC2)cc1. The molecule has 130 valence electrons. The minimum atomic E-state index is 0.150. The zero-order valence-electron chi connectivity index (χ0n) is 15.1. The van der Waals surface area contributed by atoms with Gasteiger partial charge in [0, 0.05) is 13.2 Å². The standard InChI is InChI=1S/C20H33NO2/c1-4-5-14-22-18(3)16-23-20-8-6-19(7-9-20)15-21-12-10-17(2)11-13-21/h6-9,17-18H,4-5,10-16H2,1-3H3. The fourth-order valence-electron chi connectivity index (χ4n) is 2.86. The highest BCUT2D eigenvalue weighted by Crippen LogP contribution is 2.19. The summed E-state index contributed by atoms with van der Waals surface area (Å²) in [5.74, 6) is 1.83. The second-order valence-corrected chi connectivity index (χ2v) is 6.95. The van der Waals surface area contributed by atoms with Crippen molar-refractivity contribution in [3.8, 4) is 5.75 Å². The van der Waals surface area contributed by atoms with Gasteiger partial charge in [0.1, 0.15) is 12.4 Å². The highest BCUT2D eigenvalue weighted by atomic mass is 16.5. The van der Waals surface area contributed by atoms with Crippen molar-refractivity contribution in [3.05, 3.63) is 29.8 Å². The Bertz CT molecular complexity index is 424. The molecule has 1 unspecified atom stereocenters. The van der Waals surface area contributed by atoms with Gasteiger partial charge in [-0.1, -0.05) is 32.4 Å². The molecule has 1 fully saturated rings. The zero-order chi connectivity index (χ0) is 16.5. The van der Waals surface area contributed by atoms with Crippen LogP contribution in [0.2, 0.25) is 0 Å². The first-order chi connectivity index (χ1) is 11.2. The Balaban J connectivity index is 1.69. The highest BCUT2D eigenvalue weighted by Gasteiger charge is 2.15. The van der Waals surface area contributed by atoms with Crippen LogP contribution in [-0.4, -0.2) is 37.3 Å². The van der Waals surface area contributed by atoms with E-state index in [1.165, 1.54) is 37.9 Å². The molecule has 1 aliphatic rings. The molecule has 1 aromatic rings. The normalized spacial score (nSPS) is 18.0. The molecule has 0 saturated carbocycles. The third kappa shape index (κ3) is 6.92. The number of benzene rings is 1. The predicted octanol–water partition coefficient (Wildman–Crippen LogP) is 4.50. The van der Waals surface area contributed by atoms with Crippen LogP contribution < -0.4 is 4.74 Å².